The third kappa shape index (κ3) is 3.15. The van der Waals surface area contributed by atoms with Gasteiger partial charge in [-0.1, -0.05) is 26.0 Å². The molecule has 0 atom stereocenters. The summed E-state index contributed by atoms with van der Waals surface area (Å²) >= 11 is 5.25. The zero-order chi connectivity index (χ0) is 13.1. The summed E-state index contributed by atoms with van der Waals surface area (Å²) in [6.07, 6.45) is 0. The van der Waals surface area contributed by atoms with E-state index in [0.717, 1.165) is 10.2 Å². The predicted molar refractivity (Wildman–Crippen MR) is 81.6 cm³/mol. The van der Waals surface area contributed by atoms with Crippen molar-refractivity contribution in [1.82, 2.24) is 0 Å². The molecular formula is C15H17BrOS. The minimum absolute atomic E-state index is 0.479. The lowest BCUT2D eigenvalue weighted by molar-refractivity contribution is 0.304. The molecule has 1 aromatic carbocycles. The zero-order valence-corrected chi connectivity index (χ0v) is 13.3. The Bertz CT molecular complexity index is 531. The first-order valence-electron chi connectivity index (χ1n) is 6.03. The van der Waals surface area contributed by atoms with Crippen LogP contribution in [0.2, 0.25) is 0 Å². The number of halogens is 1. The first-order chi connectivity index (χ1) is 8.58. The highest BCUT2D eigenvalue weighted by Crippen LogP contribution is 2.30. The Morgan fingerprint density at radius 3 is 2.67 bits per heavy atom. The van der Waals surface area contributed by atoms with Gasteiger partial charge in [0.1, 0.15) is 12.4 Å². The number of thiophene rings is 1. The fraction of sp³-hybridized carbons (Fsp3) is 0.333. The van der Waals surface area contributed by atoms with Crippen LogP contribution in [-0.2, 0) is 6.61 Å². The highest BCUT2D eigenvalue weighted by molar-refractivity contribution is 9.10. The number of hydrogen-bond donors (Lipinski definition) is 0. The minimum Gasteiger partial charge on any atom is -0.488 e. The lowest BCUT2D eigenvalue weighted by atomic mass is 10.0. The van der Waals surface area contributed by atoms with Gasteiger partial charge >= 0.3 is 0 Å². The number of rotatable bonds is 4. The van der Waals surface area contributed by atoms with Crippen LogP contribution in [0.5, 0.6) is 5.75 Å². The molecule has 0 aliphatic rings. The monoisotopic (exact) mass is 324 g/mol. The van der Waals surface area contributed by atoms with Gasteiger partial charge in [-0.05, 0) is 57.4 Å². The normalized spacial score (nSPS) is 10.9. The van der Waals surface area contributed by atoms with Gasteiger partial charge in [0.15, 0.2) is 0 Å². The SMILES string of the molecule is Cc1ccc(C(C)C)c(OCc2sccc2Br)c1. The van der Waals surface area contributed by atoms with Gasteiger partial charge in [-0.3, -0.25) is 0 Å². The Labute approximate surface area is 121 Å². The first kappa shape index (κ1) is 13.6. The second-order valence-corrected chi connectivity index (χ2v) is 6.53. The molecule has 0 amide bonds. The molecule has 1 heterocycles. The molecule has 0 aliphatic heterocycles. The van der Waals surface area contributed by atoms with E-state index in [4.69, 9.17) is 4.74 Å². The molecular weight excluding hydrogens is 308 g/mol. The second-order valence-electron chi connectivity index (χ2n) is 4.68. The standard InChI is InChI=1S/C15H17BrOS/c1-10(2)12-5-4-11(3)8-14(12)17-9-15-13(16)6-7-18-15/h4-8,10H,9H2,1-3H3. The number of ether oxygens (including phenoxy) is 1. The van der Waals surface area contributed by atoms with Gasteiger partial charge in [0.05, 0.1) is 4.88 Å². The van der Waals surface area contributed by atoms with Gasteiger partial charge in [-0.15, -0.1) is 11.3 Å². The van der Waals surface area contributed by atoms with Crippen LogP contribution < -0.4 is 4.74 Å². The van der Waals surface area contributed by atoms with Crippen LogP contribution in [0, 0.1) is 6.92 Å². The Hall–Kier alpha value is -0.800. The molecule has 0 spiro atoms. The lowest BCUT2D eigenvalue weighted by Crippen LogP contribution is -1.99. The molecule has 2 rings (SSSR count). The summed E-state index contributed by atoms with van der Waals surface area (Å²) in [6.45, 7) is 7.11. The van der Waals surface area contributed by atoms with Crippen LogP contribution in [0.3, 0.4) is 0 Å². The molecule has 0 unspecified atom stereocenters. The third-order valence-corrected chi connectivity index (χ3v) is 4.74. The van der Waals surface area contributed by atoms with Gasteiger partial charge in [0, 0.05) is 4.47 Å². The van der Waals surface area contributed by atoms with Gasteiger partial charge in [0.2, 0.25) is 0 Å². The highest BCUT2D eigenvalue weighted by atomic mass is 79.9. The quantitative estimate of drug-likeness (QED) is 0.719. The maximum atomic E-state index is 5.98. The zero-order valence-electron chi connectivity index (χ0n) is 10.9. The second kappa shape index (κ2) is 5.89. The van der Waals surface area contributed by atoms with E-state index in [-0.39, 0.29) is 0 Å². The molecule has 0 N–H and O–H groups in total. The minimum atomic E-state index is 0.479. The fourth-order valence-corrected chi connectivity index (χ4v) is 3.19. The topological polar surface area (TPSA) is 9.23 Å². The average Bonchev–Trinajstić information content (AvgIpc) is 2.72. The lowest BCUT2D eigenvalue weighted by Gasteiger charge is -2.14. The maximum Gasteiger partial charge on any atom is 0.124 e. The predicted octanol–water partition coefficient (Wildman–Crippen LogP) is 5.52. The van der Waals surface area contributed by atoms with Crippen molar-refractivity contribution in [1.29, 1.82) is 0 Å². The van der Waals surface area contributed by atoms with Crippen LogP contribution in [0.1, 0.15) is 35.8 Å². The van der Waals surface area contributed by atoms with Crippen molar-refractivity contribution in [2.45, 2.75) is 33.3 Å². The van der Waals surface area contributed by atoms with Gasteiger partial charge in [-0.25, -0.2) is 0 Å². The largest absolute Gasteiger partial charge is 0.488 e. The van der Waals surface area contributed by atoms with Crippen LogP contribution in [-0.4, -0.2) is 0 Å². The van der Waals surface area contributed by atoms with Crippen LogP contribution in [0.25, 0.3) is 0 Å². The molecule has 0 radical (unpaired) electrons. The van der Waals surface area contributed by atoms with E-state index in [1.54, 1.807) is 11.3 Å². The molecule has 3 heteroatoms. The van der Waals surface area contributed by atoms with Crippen molar-refractivity contribution in [2.75, 3.05) is 0 Å². The van der Waals surface area contributed by atoms with Gasteiger partial charge in [-0.2, -0.15) is 0 Å². The number of benzene rings is 1. The number of aryl methyl sites for hydroxylation is 1. The number of hydrogen-bond acceptors (Lipinski definition) is 2. The van der Waals surface area contributed by atoms with Crippen molar-refractivity contribution in [2.24, 2.45) is 0 Å². The van der Waals surface area contributed by atoms with E-state index in [9.17, 15) is 0 Å². The summed E-state index contributed by atoms with van der Waals surface area (Å²) in [5, 5.41) is 2.07. The van der Waals surface area contributed by atoms with Crippen LogP contribution >= 0.6 is 27.3 Å². The van der Waals surface area contributed by atoms with Crippen molar-refractivity contribution in [3.63, 3.8) is 0 Å². The smallest absolute Gasteiger partial charge is 0.124 e. The summed E-state index contributed by atoms with van der Waals surface area (Å²) < 4.78 is 7.12. The fourth-order valence-electron chi connectivity index (χ4n) is 1.81. The molecule has 0 bridgehead atoms. The summed E-state index contributed by atoms with van der Waals surface area (Å²) in [5.74, 6) is 1.48. The van der Waals surface area contributed by atoms with Crippen LogP contribution in [0.4, 0.5) is 0 Å². The van der Waals surface area contributed by atoms with E-state index in [2.05, 4.69) is 66.3 Å². The molecule has 0 saturated heterocycles. The Morgan fingerprint density at radius 2 is 2.06 bits per heavy atom. The molecule has 0 saturated carbocycles. The summed E-state index contributed by atoms with van der Waals surface area (Å²) in [4.78, 5) is 1.23. The first-order valence-corrected chi connectivity index (χ1v) is 7.70. The summed E-state index contributed by atoms with van der Waals surface area (Å²) in [6, 6.07) is 8.49. The van der Waals surface area contributed by atoms with E-state index in [1.165, 1.54) is 16.0 Å². The third-order valence-electron chi connectivity index (χ3n) is 2.84. The van der Waals surface area contributed by atoms with Crippen molar-refractivity contribution in [3.8, 4) is 5.75 Å². The van der Waals surface area contributed by atoms with Crippen LogP contribution in [0.15, 0.2) is 34.1 Å². The Kier molecular flexibility index (Phi) is 4.46. The molecule has 18 heavy (non-hydrogen) atoms. The van der Waals surface area contributed by atoms with Crippen molar-refractivity contribution >= 4 is 27.3 Å². The molecule has 0 aliphatic carbocycles. The van der Waals surface area contributed by atoms with E-state index >= 15 is 0 Å². The maximum absolute atomic E-state index is 5.98. The summed E-state index contributed by atoms with van der Waals surface area (Å²) in [5.41, 5.74) is 2.51. The molecule has 0 fully saturated rings. The summed E-state index contributed by atoms with van der Waals surface area (Å²) in [7, 11) is 0. The molecule has 96 valence electrons. The molecule has 2 aromatic rings. The Morgan fingerprint density at radius 1 is 1.28 bits per heavy atom. The molecule has 1 aromatic heterocycles. The van der Waals surface area contributed by atoms with E-state index in [0.29, 0.717) is 12.5 Å². The van der Waals surface area contributed by atoms with E-state index < -0.39 is 0 Å². The van der Waals surface area contributed by atoms with Gasteiger partial charge in [0.25, 0.3) is 0 Å². The van der Waals surface area contributed by atoms with E-state index in [1.807, 2.05) is 0 Å². The van der Waals surface area contributed by atoms with Gasteiger partial charge < -0.3 is 4.74 Å². The molecule has 1 nitrogen and oxygen atoms in total. The van der Waals surface area contributed by atoms with Crippen molar-refractivity contribution in [3.05, 3.63) is 50.1 Å². The van der Waals surface area contributed by atoms with Crippen molar-refractivity contribution < 1.29 is 4.74 Å². The highest BCUT2D eigenvalue weighted by Gasteiger charge is 2.09. The Balaban J connectivity index is 2.18. The average molecular weight is 325 g/mol.